The van der Waals surface area contributed by atoms with Crippen LogP contribution >= 0.6 is 23.4 Å². The van der Waals surface area contributed by atoms with Gasteiger partial charge in [0.25, 0.3) is 0 Å². The van der Waals surface area contributed by atoms with Crippen molar-refractivity contribution >= 4 is 34.7 Å². The fraction of sp³-hybridized carbons (Fsp3) is 0.361. The van der Waals surface area contributed by atoms with Crippen molar-refractivity contribution in [2.45, 2.75) is 35.0 Å². The second-order valence-electron chi connectivity index (χ2n) is 12.0. The molecule has 2 bridgehead atoms. The Hall–Kier alpha value is -2.83. The number of aromatic nitrogens is 1. The van der Waals surface area contributed by atoms with Crippen molar-refractivity contribution in [3.05, 3.63) is 113 Å². The maximum atomic E-state index is 5.97. The fourth-order valence-corrected chi connectivity index (χ4v) is 7.88. The van der Waals surface area contributed by atoms with Gasteiger partial charge in [0.1, 0.15) is 0 Å². The van der Waals surface area contributed by atoms with Crippen molar-refractivity contribution in [1.82, 2.24) is 14.8 Å². The average molecular weight is 597 g/mol. The number of pyridine rings is 1. The molecule has 8 rings (SSSR count). The van der Waals surface area contributed by atoms with Gasteiger partial charge < -0.3 is 14.7 Å². The van der Waals surface area contributed by atoms with E-state index >= 15 is 0 Å². The van der Waals surface area contributed by atoms with Gasteiger partial charge in [0.15, 0.2) is 0 Å². The zero-order valence-electron chi connectivity index (χ0n) is 24.7. The number of anilines is 2. The van der Waals surface area contributed by atoms with Gasteiger partial charge in [0, 0.05) is 45.7 Å². The van der Waals surface area contributed by atoms with Crippen molar-refractivity contribution in [3.63, 3.8) is 0 Å². The third-order valence-electron chi connectivity index (χ3n) is 8.92. The molecule has 3 aromatic carbocycles. The van der Waals surface area contributed by atoms with Gasteiger partial charge in [-0.05, 0) is 119 Å². The first-order valence-electron chi connectivity index (χ1n) is 15.2. The number of rotatable bonds is 7. The molecule has 0 aliphatic carbocycles. The van der Waals surface area contributed by atoms with Crippen molar-refractivity contribution < 1.29 is 0 Å². The number of benzene rings is 3. The van der Waals surface area contributed by atoms with Crippen LogP contribution in [0.5, 0.6) is 0 Å². The largest absolute Gasteiger partial charge is 0.339 e. The minimum atomic E-state index is 0.320. The van der Waals surface area contributed by atoms with Gasteiger partial charge >= 0.3 is 0 Å². The lowest BCUT2D eigenvalue weighted by atomic mass is 9.78. The molecule has 0 saturated carbocycles. The van der Waals surface area contributed by atoms with Crippen molar-refractivity contribution in [2.24, 2.45) is 11.8 Å². The highest BCUT2D eigenvalue weighted by atomic mass is 35.5. The molecule has 1 aromatic heterocycles. The molecule has 0 amide bonds. The second kappa shape index (κ2) is 13.6. The summed E-state index contributed by atoms with van der Waals surface area (Å²) in [7, 11) is 4.19. The number of fused-ring (bicyclic) bond motifs is 5. The zero-order valence-corrected chi connectivity index (χ0v) is 26.3. The third kappa shape index (κ3) is 6.86. The molecule has 4 aliphatic rings. The van der Waals surface area contributed by atoms with Crippen LogP contribution in [0.3, 0.4) is 0 Å². The third-order valence-corrected chi connectivity index (χ3v) is 10.3. The molecular formula is C36H41ClN4S. The van der Waals surface area contributed by atoms with E-state index in [1.807, 2.05) is 42.2 Å². The Morgan fingerprint density at radius 2 is 1.50 bits per heavy atom. The average Bonchev–Trinajstić information content (AvgIpc) is 3.03. The van der Waals surface area contributed by atoms with Gasteiger partial charge in [-0.15, -0.1) is 0 Å². The molecule has 4 aliphatic heterocycles. The van der Waals surface area contributed by atoms with Gasteiger partial charge in [0.05, 0.1) is 11.4 Å². The lowest BCUT2D eigenvalue weighted by Gasteiger charge is -2.47. The van der Waals surface area contributed by atoms with E-state index in [0.717, 1.165) is 42.1 Å². The first-order chi connectivity index (χ1) is 20.5. The number of para-hydroxylation sites is 2. The normalized spacial score (nSPS) is 21.2. The van der Waals surface area contributed by atoms with E-state index in [2.05, 4.69) is 101 Å². The maximum Gasteiger partial charge on any atom is 0.0552 e. The predicted molar refractivity (Wildman–Crippen MR) is 177 cm³/mol. The number of piperidine rings is 3. The minimum Gasteiger partial charge on any atom is -0.339 e. The molecular weight excluding hydrogens is 556 g/mol. The Balaban J connectivity index is 0.000000154. The Bertz CT molecular complexity index is 1390. The van der Waals surface area contributed by atoms with Gasteiger partial charge in [0.2, 0.25) is 0 Å². The fourth-order valence-electron chi connectivity index (χ4n) is 6.66. The summed E-state index contributed by atoms with van der Waals surface area (Å²) in [6.07, 6.45) is 5.70. The van der Waals surface area contributed by atoms with E-state index in [0.29, 0.717) is 5.92 Å². The first kappa shape index (κ1) is 29.3. The highest BCUT2D eigenvalue weighted by molar-refractivity contribution is 7.99. The van der Waals surface area contributed by atoms with Crippen LogP contribution in [-0.4, -0.2) is 61.6 Å². The van der Waals surface area contributed by atoms with Crippen molar-refractivity contribution in [2.75, 3.05) is 51.7 Å². The summed E-state index contributed by atoms with van der Waals surface area (Å²) in [6.45, 7) is 6.13. The molecule has 0 N–H and O–H groups in total. The van der Waals surface area contributed by atoms with Crippen LogP contribution in [0.15, 0.2) is 107 Å². The molecule has 0 unspecified atom stereocenters. The molecule has 2 atom stereocenters. The molecule has 0 radical (unpaired) electrons. The maximum absolute atomic E-state index is 5.97. The molecule has 42 heavy (non-hydrogen) atoms. The first-order valence-corrected chi connectivity index (χ1v) is 16.4. The Morgan fingerprint density at radius 1 is 0.857 bits per heavy atom. The van der Waals surface area contributed by atoms with Crippen LogP contribution in [-0.2, 0) is 0 Å². The van der Waals surface area contributed by atoms with Gasteiger partial charge in [-0.1, -0.05) is 65.8 Å². The van der Waals surface area contributed by atoms with Crippen LogP contribution in [0.2, 0.25) is 5.02 Å². The molecule has 3 fully saturated rings. The Labute approximate surface area is 260 Å². The lowest BCUT2D eigenvalue weighted by molar-refractivity contribution is 0.0553. The van der Waals surface area contributed by atoms with Crippen molar-refractivity contribution in [3.8, 4) is 0 Å². The molecule has 5 heterocycles. The smallest absolute Gasteiger partial charge is 0.0552 e. The number of hydrogen-bond acceptors (Lipinski definition) is 5. The number of hydrogen-bond donors (Lipinski definition) is 0. The van der Waals surface area contributed by atoms with E-state index in [1.54, 1.807) is 0 Å². The Kier molecular flexibility index (Phi) is 9.50. The topological polar surface area (TPSA) is 22.6 Å². The standard InChI is InChI=1S/C20H22N2S.C16H19ClN2/c1-3-7-19-17(5-1)22(18-6-2-4-8-20(18)23-19)14-16-13-21-11-9-15(16)10-12-21;1-19(2)12-10-15(16-5-3-4-11-18-16)13-6-8-14(17)9-7-13/h1-8,15-16H,9-14H2;3-9,11,15H,10,12H2,1-2H3/t16-;15-/m11/s1. The summed E-state index contributed by atoms with van der Waals surface area (Å²) in [5.74, 6) is 2.05. The second-order valence-corrected chi connectivity index (χ2v) is 13.5. The van der Waals surface area contributed by atoms with E-state index in [1.165, 1.54) is 59.2 Å². The highest BCUT2D eigenvalue weighted by Crippen LogP contribution is 2.49. The van der Waals surface area contributed by atoms with Crippen molar-refractivity contribution in [1.29, 1.82) is 0 Å². The van der Waals surface area contributed by atoms with E-state index in [4.69, 9.17) is 11.6 Å². The predicted octanol–water partition coefficient (Wildman–Crippen LogP) is 8.45. The van der Waals surface area contributed by atoms with Crippen LogP contribution in [0.4, 0.5) is 11.4 Å². The lowest BCUT2D eigenvalue weighted by Crippen LogP contribution is -2.50. The molecule has 218 valence electrons. The summed E-state index contributed by atoms with van der Waals surface area (Å²) in [5.41, 5.74) is 5.18. The van der Waals surface area contributed by atoms with Gasteiger partial charge in [-0.2, -0.15) is 0 Å². The molecule has 3 saturated heterocycles. The summed E-state index contributed by atoms with van der Waals surface area (Å²) in [4.78, 5) is 14.8. The molecule has 6 heteroatoms. The van der Waals surface area contributed by atoms with Crippen LogP contribution in [0.1, 0.15) is 36.4 Å². The SMILES string of the molecule is CN(C)CC[C@H](c1ccc(Cl)cc1)c1ccccn1.c1ccc2c(c1)Sc1ccccc1N2C[C@H]1CN2CCC1CC2. The van der Waals surface area contributed by atoms with Crippen LogP contribution in [0.25, 0.3) is 0 Å². The Morgan fingerprint density at radius 3 is 2.07 bits per heavy atom. The highest BCUT2D eigenvalue weighted by Gasteiger charge is 2.36. The monoisotopic (exact) mass is 596 g/mol. The summed E-state index contributed by atoms with van der Waals surface area (Å²) in [5, 5.41) is 0.774. The van der Waals surface area contributed by atoms with E-state index < -0.39 is 0 Å². The van der Waals surface area contributed by atoms with E-state index in [-0.39, 0.29) is 0 Å². The molecule has 4 aromatic rings. The van der Waals surface area contributed by atoms with Crippen LogP contribution < -0.4 is 4.90 Å². The molecule has 4 nitrogen and oxygen atoms in total. The minimum absolute atomic E-state index is 0.320. The molecule has 0 spiro atoms. The number of nitrogens with zero attached hydrogens (tertiary/aromatic N) is 4. The van der Waals surface area contributed by atoms with Gasteiger partial charge in [-0.3, -0.25) is 4.98 Å². The zero-order chi connectivity index (χ0) is 28.9. The quantitative estimate of drug-likeness (QED) is 0.213. The van der Waals surface area contributed by atoms with E-state index in [9.17, 15) is 0 Å². The van der Waals surface area contributed by atoms with Crippen LogP contribution in [0, 0.1) is 11.8 Å². The summed E-state index contributed by atoms with van der Waals surface area (Å²) >= 11 is 7.88. The number of halogens is 1. The summed E-state index contributed by atoms with van der Waals surface area (Å²) < 4.78 is 0. The van der Waals surface area contributed by atoms with Gasteiger partial charge in [-0.25, -0.2) is 0 Å². The summed E-state index contributed by atoms with van der Waals surface area (Å²) in [6, 6.07) is 32.0.